The Morgan fingerprint density at radius 1 is 1.69 bits per heavy atom. The molecule has 0 saturated heterocycles. The summed E-state index contributed by atoms with van der Waals surface area (Å²) in [4.78, 5) is 11.4. The minimum absolute atomic E-state index is 0.188. The van der Waals surface area contributed by atoms with Crippen LogP contribution in [0.2, 0.25) is 0 Å². The summed E-state index contributed by atoms with van der Waals surface area (Å²) < 4.78 is 1.59. The van der Waals surface area contributed by atoms with E-state index >= 15 is 0 Å². The molecule has 1 aromatic heterocycles. The molecule has 16 heavy (non-hydrogen) atoms. The van der Waals surface area contributed by atoms with E-state index in [1.807, 2.05) is 6.92 Å². The van der Waals surface area contributed by atoms with Gasteiger partial charge in [0.25, 0.3) is 0 Å². The number of likely N-dealkylation sites (N-methyl/N-ethyl adjacent to an activating group) is 1. The average molecular weight is 246 g/mol. The standard InChI is InChI=1S/C9H18N4O2S/c1-3-4-13-8(15)11-12-9(13)16-6-7(14)5-10-2/h7,10,14H,3-6H2,1-2H3,(H,11,15). The molecule has 1 aromatic rings. The van der Waals surface area contributed by atoms with Crippen LogP contribution in [0.1, 0.15) is 13.3 Å². The van der Waals surface area contributed by atoms with Gasteiger partial charge in [0.1, 0.15) is 0 Å². The first-order chi connectivity index (χ1) is 7.69. The molecule has 3 N–H and O–H groups in total. The monoisotopic (exact) mass is 246 g/mol. The zero-order chi connectivity index (χ0) is 12.0. The van der Waals surface area contributed by atoms with E-state index in [-0.39, 0.29) is 5.69 Å². The van der Waals surface area contributed by atoms with Crippen molar-refractivity contribution in [2.45, 2.75) is 31.1 Å². The van der Waals surface area contributed by atoms with Gasteiger partial charge < -0.3 is 10.4 Å². The molecule has 0 aliphatic rings. The first-order valence-corrected chi connectivity index (χ1v) is 6.28. The minimum Gasteiger partial charge on any atom is -0.391 e. The van der Waals surface area contributed by atoms with Crippen LogP contribution >= 0.6 is 11.8 Å². The molecule has 0 amide bonds. The normalized spacial score (nSPS) is 12.9. The molecule has 1 unspecified atom stereocenters. The third-order valence-electron chi connectivity index (χ3n) is 2.02. The van der Waals surface area contributed by atoms with Gasteiger partial charge in [-0.25, -0.2) is 9.89 Å². The lowest BCUT2D eigenvalue weighted by molar-refractivity contribution is 0.199. The summed E-state index contributed by atoms with van der Waals surface area (Å²) in [6, 6.07) is 0. The van der Waals surface area contributed by atoms with Crippen molar-refractivity contribution in [1.82, 2.24) is 20.1 Å². The van der Waals surface area contributed by atoms with Crippen LogP contribution in [-0.2, 0) is 6.54 Å². The van der Waals surface area contributed by atoms with Crippen molar-refractivity contribution >= 4 is 11.8 Å². The van der Waals surface area contributed by atoms with Crippen molar-refractivity contribution in [3.05, 3.63) is 10.5 Å². The number of aromatic amines is 1. The molecular formula is C9H18N4O2S. The highest BCUT2D eigenvalue weighted by Gasteiger charge is 2.10. The number of nitrogens with zero attached hydrogens (tertiary/aromatic N) is 2. The van der Waals surface area contributed by atoms with E-state index in [2.05, 4.69) is 15.5 Å². The smallest absolute Gasteiger partial charge is 0.343 e. The van der Waals surface area contributed by atoms with Crippen LogP contribution in [0.3, 0.4) is 0 Å². The second-order valence-corrected chi connectivity index (χ2v) is 4.47. The fourth-order valence-electron chi connectivity index (χ4n) is 1.30. The van der Waals surface area contributed by atoms with E-state index in [1.165, 1.54) is 11.8 Å². The molecule has 0 saturated carbocycles. The van der Waals surface area contributed by atoms with Crippen molar-refractivity contribution in [1.29, 1.82) is 0 Å². The van der Waals surface area contributed by atoms with Crippen LogP contribution in [0.4, 0.5) is 0 Å². The number of rotatable bonds is 7. The summed E-state index contributed by atoms with van der Waals surface area (Å²) in [5.74, 6) is 0.523. The molecule has 0 aliphatic heterocycles. The zero-order valence-electron chi connectivity index (χ0n) is 9.56. The third kappa shape index (κ3) is 3.66. The summed E-state index contributed by atoms with van der Waals surface area (Å²) in [7, 11) is 1.79. The van der Waals surface area contributed by atoms with Crippen molar-refractivity contribution in [2.24, 2.45) is 0 Å². The molecule has 0 radical (unpaired) electrons. The molecule has 7 heteroatoms. The molecular weight excluding hydrogens is 228 g/mol. The average Bonchev–Trinajstić information content (AvgIpc) is 2.59. The number of aromatic nitrogens is 3. The summed E-state index contributed by atoms with van der Waals surface area (Å²) in [6.07, 6.45) is 0.448. The van der Waals surface area contributed by atoms with E-state index in [0.717, 1.165) is 6.42 Å². The Bertz CT molecular complexity index is 363. The van der Waals surface area contributed by atoms with Gasteiger partial charge >= 0.3 is 5.69 Å². The number of aliphatic hydroxyl groups is 1. The number of nitrogens with one attached hydrogen (secondary N) is 2. The maximum atomic E-state index is 11.4. The quantitative estimate of drug-likeness (QED) is 0.573. The van der Waals surface area contributed by atoms with Gasteiger partial charge in [-0.1, -0.05) is 18.7 Å². The summed E-state index contributed by atoms with van der Waals surface area (Å²) in [5.41, 5.74) is -0.188. The molecule has 0 aromatic carbocycles. The minimum atomic E-state index is -0.433. The van der Waals surface area contributed by atoms with E-state index in [0.29, 0.717) is 24.0 Å². The first kappa shape index (κ1) is 13.3. The third-order valence-corrected chi connectivity index (χ3v) is 3.14. The topological polar surface area (TPSA) is 82.9 Å². The maximum absolute atomic E-state index is 11.4. The van der Waals surface area contributed by atoms with Crippen LogP contribution in [0.5, 0.6) is 0 Å². The molecule has 1 heterocycles. The lowest BCUT2D eigenvalue weighted by Gasteiger charge is -2.09. The maximum Gasteiger partial charge on any atom is 0.343 e. The van der Waals surface area contributed by atoms with Gasteiger partial charge in [0.05, 0.1) is 6.10 Å². The number of H-pyrrole nitrogens is 1. The molecule has 1 rings (SSSR count). The zero-order valence-corrected chi connectivity index (χ0v) is 10.4. The number of thioether (sulfide) groups is 1. The lowest BCUT2D eigenvalue weighted by atomic mass is 10.4. The van der Waals surface area contributed by atoms with Crippen LogP contribution < -0.4 is 11.0 Å². The number of hydrogen-bond acceptors (Lipinski definition) is 5. The van der Waals surface area contributed by atoms with Crippen LogP contribution in [0.25, 0.3) is 0 Å². The van der Waals surface area contributed by atoms with Gasteiger partial charge in [0.15, 0.2) is 5.16 Å². The Labute approximate surface area is 98.4 Å². The highest BCUT2D eigenvalue weighted by molar-refractivity contribution is 7.99. The summed E-state index contributed by atoms with van der Waals surface area (Å²) in [5, 5.41) is 19.4. The molecule has 1 atom stereocenters. The summed E-state index contributed by atoms with van der Waals surface area (Å²) in [6.45, 7) is 3.19. The van der Waals surface area contributed by atoms with Gasteiger partial charge in [-0.05, 0) is 13.5 Å². The van der Waals surface area contributed by atoms with Gasteiger partial charge in [-0.3, -0.25) is 4.57 Å². The predicted octanol–water partition coefficient (Wildman–Crippen LogP) is -0.346. The highest BCUT2D eigenvalue weighted by Crippen LogP contribution is 2.14. The van der Waals surface area contributed by atoms with Crippen molar-refractivity contribution in [3.63, 3.8) is 0 Å². The Kier molecular flexibility index (Phi) is 5.58. The number of hydrogen-bond donors (Lipinski definition) is 3. The molecule has 0 aliphatic carbocycles. The van der Waals surface area contributed by atoms with Crippen molar-refractivity contribution < 1.29 is 5.11 Å². The second kappa shape index (κ2) is 6.72. The predicted molar refractivity (Wildman–Crippen MR) is 63.8 cm³/mol. The molecule has 6 nitrogen and oxygen atoms in total. The Morgan fingerprint density at radius 2 is 2.44 bits per heavy atom. The Balaban J connectivity index is 2.56. The highest BCUT2D eigenvalue weighted by atomic mass is 32.2. The molecule has 0 spiro atoms. The Morgan fingerprint density at radius 3 is 3.06 bits per heavy atom. The largest absolute Gasteiger partial charge is 0.391 e. The van der Waals surface area contributed by atoms with Gasteiger partial charge in [0, 0.05) is 18.8 Å². The molecule has 92 valence electrons. The Hall–Kier alpha value is -0.790. The molecule has 0 fully saturated rings. The van der Waals surface area contributed by atoms with E-state index in [1.54, 1.807) is 11.6 Å². The fraction of sp³-hybridized carbons (Fsp3) is 0.778. The van der Waals surface area contributed by atoms with E-state index in [9.17, 15) is 9.90 Å². The van der Waals surface area contributed by atoms with Gasteiger partial charge in [-0.15, -0.1) is 5.10 Å². The van der Waals surface area contributed by atoms with Gasteiger partial charge in [-0.2, -0.15) is 0 Å². The van der Waals surface area contributed by atoms with Crippen molar-refractivity contribution in [3.8, 4) is 0 Å². The summed E-state index contributed by atoms with van der Waals surface area (Å²) >= 11 is 1.39. The second-order valence-electron chi connectivity index (χ2n) is 3.49. The van der Waals surface area contributed by atoms with Crippen molar-refractivity contribution in [2.75, 3.05) is 19.3 Å². The van der Waals surface area contributed by atoms with E-state index in [4.69, 9.17) is 0 Å². The number of aliphatic hydroxyl groups excluding tert-OH is 1. The van der Waals surface area contributed by atoms with Crippen LogP contribution in [-0.4, -0.2) is 45.3 Å². The van der Waals surface area contributed by atoms with Crippen LogP contribution in [0.15, 0.2) is 9.95 Å². The van der Waals surface area contributed by atoms with Crippen LogP contribution in [0, 0.1) is 0 Å². The van der Waals surface area contributed by atoms with E-state index < -0.39 is 6.10 Å². The molecule has 0 bridgehead atoms. The first-order valence-electron chi connectivity index (χ1n) is 5.29. The van der Waals surface area contributed by atoms with Gasteiger partial charge in [0.2, 0.25) is 0 Å². The lowest BCUT2D eigenvalue weighted by Crippen LogP contribution is -2.25. The fourth-order valence-corrected chi connectivity index (χ4v) is 2.20. The SMILES string of the molecule is CCCn1c(SCC(O)CNC)n[nH]c1=O.